The van der Waals surface area contributed by atoms with Crippen LogP contribution >= 0.6 is 24.0 Å². The summed E-state index contributed by atoms with van der Waals surface area (Å²) >= 11 is 0. The second-order valence-electron chi connectivity index (χ2n) is 6.17. The van der Waals surface area contributed by atoms with Crippen LogP contribution in [0.5, 0.6) is 0 Å². The largest absolute Gasteiger partial charge is 0.459 e. The molecule has 0 bridgehead atoms. The molecule has 0 radical (unpaired) electrons. The summed E-state index contributed by atoms with van der Waals surface area (Å²) < 4.78 is 19.2. The molecule has 0 spiro atoms. The van der Waals surface area contributed by atoms with Gasteiger partial charge in [0.05, 0.1) is 0 Å². The van der Waals surface area contributed by atoms with Crippen molar-refractivity contribution in [3.05, 3.63) is 35.3 Å². The first-order valence-electron chi connectivity index (χ1n) is 8.56. The smallest absolute Gasteiger partial charge is 0.220 e. The van der Waals surface area contributed by atoms with Crippen molar-refractivity contribution in [2.45, 2.75) is 39.3 Å². The number of nitrogens with zero attached hydrogens (tertiary/aromatic N) is 1. The number of benzene rings is 1. The zero-order valence-corrected chi connectivity index (χ0v) is 17.2. The minimum atomic E-state index is -0.277. The van der Waals surface area contributed by atoms with E-state index in [1.54, 1.807) is 6.07 Å². The van der Waals surface area contributed by atoms with Crippen LogP contribution < -0.4 is 16.0 Å². The number of nitrogens with one attached hydrogen (secondary N) is 3. The van der Waals surface area contributed by atoms with Crippen LogP contribution in [0.15, 0.2) is 27.6 Å². The summed E-state index contributed by atoms with van der Waals surface area (Å²) in [6, 6.07) is 4.66. The average Bonchev–Trinajstić information content (AvgIpc) is 2.91. The van der Waals surface area contributed by atoms with Crippen molar-refractivity contribution in [1.82, 2.24) is 16.0 Å². The third-order valence-electron chi connectivity index (χ3n) is 4.33. The third kappa shape index (κ3) is 4.87. The lowest BCUT2D eigenvalue weighted by molar-refractivity contribution is -0.122. The van der Waals surface area contributed by atoms with Gasteiger partial charge in [0.15, 0.2) is 5.96 Å². The monoisotopic (exact) mass is 474 g/mol. The molecule has 1 aromatic carbocycles. The van der Waals surface area contributed by atoms with Crippen molar-refractivity contribution in [2.24, 2.45) is 4.99 Å². The van der Waals surface area contributed by atoms with Crippen LogP contribution in [-0.4, -0.2) is 31.0 Å². The van der Waals surface area contributed by atoms with Crippen LogP contribution in [0.3, 0.4) is 0 Å². The Morgan fingerprint density at radius 3 is 2.96 bits per heavy atom. The van der Waals surface area contributed by atoms with E-state index in [9.17, 15) is 9.18 Å². The molecular formula is C18H24FIN4O2. The molecule has 8 heteroatoms. The van der Waals surface area contributed by atoms with E-state index in [4.69, 9.17) is 4.42 Å². The van der Waals surface area contributed by atoms with E-state index in [0.717, 1.165) is 29.7 Å². The molecule has 6 nitrogen and oxygen atoms in total. The number of halogens is 2. The van der Waals surface area contributed by atoms with Gasteiger partial charge in [-0.05, 0) is 38.5 Å². The molecule has 0 saturated carbocycles. The van der Waals surface area contributed by atoms with Gasteiger partial charge in [0, 0.05) is 36.5 Å². The molecule has 1 aliphatic rings. The lowest BCUT2D eigenvalue weighted by atomic mass is 10.1. The highest BCUT2D eigenvalue weighted by Crippen LogP contribution is 2.26. The number of rotatable bonds is 4. The fourth-order valence-corrected chi connectivity index (χ4v) is 2.91. The van der Waals surface area contributed by atoms with Crippen molar-refractivity contribution in [1.29, 1.82) is 0 Å². The van der Waals surface area contributed by atoms with E-state index in [1.807, 2.05) is 13.8 Å². The molecule has 1 saturated heterocycles. The summed E-state index contributed by atoms with van der Waals surface area (Å²) in [5.74, 6) is 1.20. The van der Waals surface area contributed by atoms with Gasteiger partial charge in [-0.2, -0.15) is 0 Å². The Morgan fingerprint density at radius 1 is 1.46 bits per heavy atom. The number of fused-ring (bicyclic) bond motifs is 1. The first kappa shape index (κ1) is 20.5. The first-order chi connectivity index (χ1) is 12.1. The van der Waals surface area contributed by atoms with E-state index in [0.29, 0.717) is 31.1 Å². The Labute approximate surface area is 169 Å². The highest BCUT2D eigenvalue weighted by Gasteiger charge is 2.19. The normalized spacial score (nSPS) is 17.6. The fourth-order valence-electron chi connectivity index (χ4n) is 2.91. The van der Waals surface area contributed by atoms with Crippen LogP contribution in [0, 0.1) is 12.7 Å². The maximum absolute atomic E-state index is 13.4. The first-order valence-corrected chi connectivity index (χ1v) is 8.56. The van der Waals surface area contributed by atoms with Gasteiger partial charge in [0.25, 0.3) is 0 Å². The number of hydrogen-bond acceptors (Lipinski definition) is 3. The Hall–Kier alpha value is -1.84. The van der Waals surface area contributed by atoms with Crippen LogP contribution in [-0.2, 0) is 11.3 Å². The number of amides is 1. The van der Waals surface area contributed by atoms with Crippen LogP contribution in [0.1, 0.15) is 31.1 Å². The molecule has 1 unspecified atom stereocenters. The molecule has 1 aromatic heterocycles. The van der Waals surface area contributed by atoms with Gasteiger partial charge in [-0.3, -0.25) is 4.79 Å². The van der Waals surface area contributed by atoms with Gasteiger partial charge in [0.1, 0.15) is 23.7 Å². The predicted octanol–water partition coefficient (Wildman–Crippen LogP) is 2.83. The number of hydrogen-bond donors (Lipinski definition) is 3. The number of piperidine rings is 1. The van der Waals surface area contributed by atoms with E-state index in [2.05, 4.69) is 20.9 Å². The van der Waals surface area contributed by atoms with Gasteiger partial charge in [-0.25, -0.2) is 9.38 Å². The number of guanidine groups is 1. The molecule has 2 heterocycles. The topological polar surface area (TPSA) is 78.7 Å². The summed E-state index contributed by atoms with van der Waals surface area (Å²) in [4.78, 5) is 15.8. The van der Waals surface area contributed by atoms with Gasteiger partial charge in [0.2, 0.25) is 5.91 Å². The summed E-state index contributed by atoms with van der Waals surface area (Å²) in [6.45, 7) is 5.58. The third-order valence-corrected chi connectivity index (χ3v) is 4.33. The maximum Gasteiger partial charge on any atom is 0.220 e. The van der Waals surface area contributed by atoms with Crippen LogP contribution in [0.2, 0.25) is 0 Å². The molecule has 3 rings (SSSR count). The summed E-state index contributed by atoms with van der Waals surface area (Å²) in [5.41, 5.74) is 1.57. The Morgan fingerprint density at radius 2 is 2.27 bits per heavy atom. The van der Waals surface area contributed by atoms with E-state index in [-0.39, 0.29) is 41.7 Å². The molecule has 1 fully saturated rings. The molecule has 1 aliphatic heterocycles. The molecule has 1 amide bonds. The molecule has 1 atom stereocenters. The van der Waals surface area contributed by atoms with Crippen molar-refractivity contribution >= 4 is 46.8 Å². The Balaban J connectivity index is 0.00000243. The highest BCUT2D eigenvalue weighted by molar-refractivity contribution is 14.0. The van der Waals surface area contributed by atoms with Crippen molar-refractivity contribution in [3.8, 4) is 0 Å². The molecule has 3 N–H and O–H groups in total. The Bertz CT molecular complexity index is 796. The zero-order chi connectivity index (χ0) is 17.8. The number of aliphatic imine (C=N–C) groups is 1. The predicted molar refractivity (Wildman–Crippen MR) is 110 cm³/mol. The average molecular weight is 474 g/mol. The van der Waals surface area contributed by atoms with Crippen LogP contribution in [0.4, 0.5) is 4.39 Å². The summed E-state index contributed by atoms with van der Waals surface area (Å²) in [7, 11) is 0. The van der Waals surface area contributed by atoms with E-state index < -0.39 is 0 Å². The molecule has 26 heavy (non-hydrogen) atoms. The number of aryl methyl sites for hydroxylation is 1. The number of carbonyl (C=O) groups is 1. The number of carbonyl (C=O) groups excluding carboxylic acids is 1. The highest BCUT2D eigenvalue weighted by atomic mass is 127. The van der Waals surface area contributed by atoms with E-state index in [1.165, 1.54) is 12.1 Å². The van der Waals surface area contributed by atoms with Crippen molar-refractivity contribution in [3.63, 3.8) is 0 Å². The summed E-state index contributed by atoms with van der Waals surface area (Å²) in [5, 5.41) is 10.2. The number of furan rings is 1. The van der Waals surface area contributed by atoms with Gasteiger partial charge in [-0.1, -0.05) is 0 Å². The van der Waals surface area contributed by atoms with E-state index >= 15 is 0 Å². The molecular weight excluding hydrogens is 450 g/mol. The quantitative estimate of drug-likeness (QED) is 0.362. The van der Waals surface area contributed by atoms with Gasteiger partial charge >= 0.3 is 0 Å². The van der Waals surface area contributed by atoms with Crippen molar-refractivity contribution < 1.29 is 13.6 Å². The molecule has 142 valence electrons. The second kappa shape index (κ2) is 9.20. The van der Waals surface area contributed by atoms with Crippen LogP contribution in [0.25, 0.3) is 11.0 Å². The fraction of sp³-hybridized carbons (Fsp3) is 0.444. The SMILES string of the molecule is CCNC(=NCc1oc2ccc(F)cc2c1C)NC1CCC(=O)NC1.I. The molecule has 0 aliphatic carbocycles. The standard InChI is InChI=1S/C18H23FN4O2.HI/c1-3-20-18(23-13-5-7-17(24)21-9-13)22-10-16-11(2)14-8-12(19)4-6-15(14)25-16;/h4,6,8,13H,3,5,7,9-10H2,1-2H3,(H,21,24)(H2,20,22,23);1H. The van der Waals surface area contributed by atoms with Gasteiger partial charge in [-0.15, -0.1) is 24.0 Å². The second-order valence-corrected chi connectivity index (χ2v) is 6.17. The minimum Gasteiger partial charge on any atom is -0.459 e. The minimum absolute atomic E-state index is 0. The molecule has 2 aromatic rings. The zero-order valence-electron chi connectivity index (χ0n) is 14.9. The van der Waals surface area contributed by atoms with Crippen molar-refractivity contribution in [2.75, 3.05) is 13.1 Å². The Kier molecular flexibility index (Phi) is 7.24. The van der Waals surface area contributed by atoms with Gasteiger partial charge < -0.3 is 20.4 Å². The summed E-state index contributed by atoms with van der Waals surface area (Å²) in [6.07, 6.45) is 1.30. The lowest BCUT2D eigenvalue weighted by Gasteiger charge is -2.25. The maximum atomic E-state index is 13.4. The lowest BCUT2D eigenvalue weighted by Crippen LogP contribution is -2.51.